The number of rotatable bonds is 5. The van der Waals surface area contributed by atoms with Gasteiger partial charge in [-0.15, -0.1) is 6.58 Å². The lowest BCUT2D eigenvalue weighted by molar-refractivity contribution is -0.127. The number of benzene rings is 1. The number of Topliss-reactive ketones (excluding diaryl/α,β-unsaturated/α-hetero) is 1. The van der Waals surface area contributed by atoms with Gasteiger partial charge in [0, 0.05) is 6.42 Å². The van der Waals surface area contributed by atoms with Gasteiger partial charge in [-0.05, 0) is 24.8 Å². The molecule has 0 radical (unpaired) electrons. The van der Waals surface area contributed by atoms with E-state index in [4.69, 9.17) is 0 Å². The van der Waals surface area contributed by atoms with Crippen molar-refractivity contribution in [3.05, 3.63) is 48.6 Å². The maximum Gasteiger partial charge on any atom is 0.143 e. The fraction of sp³-hybridized carbons (Fsp3) is 0.400. The molecule has 0 bridgehead atoms. The summed E-state index contributed by atoms with van der Waals surface area (Å²) in [4.78, 5) is 12.3. The molecule has 0 saturated heterocycles. The summed E-state index contributed by atoms with van der Waals surface area (Å²) in [6.07, 6.45) is 6.48. The summed E-state index contributed by atoms with van der Waals surface area (Å²) in [6, 6.07) is 10.2. The normalized spacial score (nSPS) is 17.5. The molecule has 1 aromatic rings. The number of carbonyl (C=O) groups is 1. The Balaban J connectivity index is 2.20. The van der Waals surface area contributed by atoms with Crippen molar-refractivity contribution >= 4 is 5.78 Å². The molecule has 0 unspecified atom stereocenters. The molecule has 1 saturated carbocycles. The molecule has 1 fully saturated rings. The van der Waals surface area contributed by atoms with Crippen LogP contribution in [0.25, 0.3) is 0 Å². The summed E-state index contributed by atoms with van der Waals surface area (Å²) < 4.78 is 0. The highest BCUT2D eigenvalue weighted by atomic mass is 16.1. The molecule has 0 atom stereocenters. The Hall–Kier alpha value is -1.37. The van der Waals surface area contributed by atoms with Crippen molar-refractivity contribution in [3.63, 3.8) is 0 Å². The van der Waals surface area contributed by atoms with E-state index in [1.54, 1.807) is 0 Å². The van der Waals surface area contributed by atoms with E-state index in [2.05, 4.69) is 18.7 Å². The van der Waals surface area contributed by atoms with Gasteiger partial charge in [-0.25, -0.2) is 0 Å². The van der Waals surface area contributed by atoms with E-state index in [1.807, 2.05) is 24.3 Å². The van der Waals surface area contributed by atoms with Crippen LogP contribution < -0.4 is 0 Å². The number of hydrogen-bond acceptors (Lipinski definition) is 1. The van der Waals surface area contributed by atoms with Crippen molar-refractivity contribution in [2.45, 2.75) is 37.5 Å². The predicted molar refractivity (Wildman–Crippen MR) is 66.4 cm³/mol. The van der Waals surface area contributed by atoms with Gasteiger partial charge < -0.3 is 0 Å². The standard InChI is InChI=1S/C15H18O/c1-2-3-10-14(16)15(11-7-12-15)13-8-5-4-6-9-13/h2,4-6,8-9H,1,3,7,10-12H2. The molecule has 1 aliphatic carbocycles. The minimum atomic E-state index is -0.162. The molecule has 84 valence electrons. The highest BCUT2D eigenvalue weighted by Crippen LogP contribution is 2.45. The fourth-order valence-corrected chi connectivity index (χ4v) is 2.49. The second-order valence-corrected chi connectivity index (χ2v) is 4.55. The van der Waals surface area contributed by atoms with Gasteiger partial charge in [0.05, 0.1) is 5.41 Å². The summed E-state index contributed by atoms with van der Waals surface area (Å²) in [7, 11) is 0. The maximum atomic E-state index is 12.3. The van der Waals surface area contributed by atoms with Crippen molar-refractivity contribution < 1.29 is 4.79 Å². The lowest BCUT2D eigenvalue weighted by atomic mass is 9.61. The van der Waals surface area contributed by atoms with Gasteiger partial charge in [0.2, 0.25) is 0 Å². The van der Waals surface area contributed by atoms with E-state index in [0.717, 1.165) is 19.3 Å². The van der Waals surface area contributed by atoms with Crippen molar-refractivity contribution in [2.75, 3.05) is 0 Å². The van der Waals surface area contributed by atoms with Crippen molar-refractivity contribution in [1.29, 1.82) is 0 Å². The van der Waals surface area contributed by atoms with E-state index < -0.39 is 0 Å². The van der Waals surface area contributed by atoms with Crippen LogP contribution in [0.2, 0.25) is 0 Å². The Bertz CT molecular complexity index is 374. The molecular formula is C15H18O. The van der Waals surface area contributed by atoms with E-state index in [-0.39, 0.29) is 5.41 Å². The first kappa shape index (κ1) is 11.1. The highest BCUT2D eigenvalue weighted by molar-refractivity contribution is 5.91. The lowest BCUT2D eigenvalue weighted by Gasteiger charge is -2.41. The monoisotopic (exact) mass is 214 g/mol. The molecule has 1 nitrogen and oxygen atoms in total. The van der Waals surface area contributed by atoms with Crippen LogP contribution in [0.3, 0.4) is 0 Å². The van der Waals surface area contributed by atoms with Gasteiger partial charge >= 0.3 is 0 Å². The van der Waals surface area contributed by atoms with Gasteiger partial charge in [-0.2, -0.15) is 0 Å². The van der Waals surface area contributed by atoms with Crippen LogP contribution in [0.4, 0.5) is 0 Å². The number of carbonyl (C=O) groups excluding carboxylic acids is 1. The Kier molecular flexibility index (Phi) is 3.23. The minimum absolute atomic E-state index is 0.162. The van der Waals surface area contributed by atoms with E-state index in [0.29, 0.717) is 12.2 Å². The first-order chi connectivity index (χ1) is 7.79. The smallest absolute Gasteiger partial charge is 0.143 e. The van der Waals surface area contributed by atoms with Crippen LogP contribution >= 0.6 is 0 Å². The third kappa shape index (κ3) is 1.82. The van der Waals surface area contributed by atoms with E-state index >= 15 is 0 Å². The van der Waals surface area contributed by atoms with Gasteiger partial charge in [-0.3, -0.25) is 4.79 Å². The predicted octanol–water partition coefficient (Wildman–Crippen LogP) is 3.64. The molecule has 0 amide bonds. The number of allylic oxidation sites excluding steroid dienone is 1. The van der Waals surface area contributed by atoms with Gasteiger partial charge in [0.15, 0.2) is 0 Å². The number of ketones is 1. The molecule has 2 rings (SSSR count). The first-order valence-electron chi connectivity index (χ1n) is 5.99. The zero-order chi connectivity index (χ0) is 11.4. The number of hydrogen-bond donors (Lipinski definition) is 0. The fourth-order valence-electron chi connectivity index (χ4n) is 2.49. The van der Waals surface area contributed by atoms with Gasteiger partial charge in [-0.1, -0.05) is 42.8 Å². The molecule has 1 aromatic carbocycles. The zero-order valence-corrected chi connectivity index (χ0v) is 9.61. The molecule has 16 heavy (non-hydrogen) atoms. The lowest BCUT2D eigenvalue weighted by Crippen LogP contribution is -2.42. The average Bonchev–Trinajstić information content (AvgIpc) is 2.26. The summed E-state index contributed by atoms with van der Waals surface area (Å²) in [5.74, 6) is 0.393. The molecule has 1 aliphatic rings. The summed E-state index contributed by atoms with van der Waals surface area (Å²) >= 11 is 0. The second kappa shape index (κ2) is 4.65. The third-order valence-electron chi connectivity index (χ3n) is 3.64. The van der Waals surface area contributed by atoms with E-state index in [1.165, 1.54) is 12.0 Å². The van der Waals surface area contributed by atoms with Crippen LogP contribution in [0.15, 0.2) is 43.0 Å². The largest absolute Gasteiger partial charge is 0.299 e. The highest BCUT2D eigenvalue weighted by Gasteiger charge is 2.44. The molecule has 1 heteroatoms. The molecule has 0 heterocycles. The Morgan fingerprint density at radius 1 is 1.31 bits per heavy atom. The topological polar surface area (TPSA) is 17.1 Å². The van der Waals surface area contributed by atoms with Crippen molar-refractivity contribution in [2.24, 2.45) is 0 Å². The summed E-state index contributed by atoms with van der Waals surface area (Å²) in [5, 5.41) is 0. The van der Waals surface area contributed by atoms with E-state index in [9.17, 15) is 4.79 Å². The Morgan fingerprint density at radius 3 is 2.50 bits per heavy atom. The average molecular weight is 214 g/mol. The quantitative estimate of drug-likeness (QED) is 0.684. The Labute approximate surface area is 97.2 Å². The Morgan fingerprint density at radius 2 is 2.00 bits per heavy atom. The van der Waals surface area contributed by atoms with Crippen LogP contribution in [0, 0.1) is 0 Å². The summed E-state index contributed by atoms with van der Waals surface area (Å²) in [5.41, 5.74) is 1.04. The van der Waals surface area contributed by atoms with Gasteiger partial charge in [0.1, 0.15) is 5.78 Å². The minimum Gasteiger partial charge on any atom is -0.299 e. The van der Waals surface area contributed by atoms with Gasteiger partial charge in [0.25, 0.3) is 0 Å². The van der Waals surface area contributed by atoms with Crippen LogP contribution in [0.1, 0.15) is 37.7 Å². The molecule has 0 aromatic heterocycles. The van der Waals surface area contributed by atoms with Crippen LogP contribution in [-0.2, 0) is 10.2 Å². The maximum absolute atomic E-state index is 12.3. The molecule has 0 N–H and O–H groups in total. The summed E-state index contributed by atoms with van der Waals surface area (Å²) in [6.45, 7) is 3.68. The third-order valence-corrected chi connectivity index (χ3v) is 3.64. The molecular weight excluding hydrogens is 196 g/mol. The molecule has 0 aliphatic heterocycles. The van der Waals surface area contributed by atoms with Crippen LogP contribution in [0.5, 0.6) is 0 Å². The zero-order valence-electron chi connectivity index (χ0n) is 9.61. The first-order valence-corrected chi connectivity index (χ1v) is 5.99. The van der Waals surface area contributed by atoms with Crippen LogP contribution in [-0.4, -0.2) is 5.78 Å². The SMILES string of the molecule is C=CCCC(=O)C1(c2ccccc2)CCC1. The molecule has 0 spiro atoms. The van der Waals surface area contributed by atoms with Crippen molar-refractivity contribution in [1.82, 2.24) is 0 Å². The second-order valence-electron chi connectivity index (χ2n) is 4.55. The van der Waals surface area contributed by atoms with Crippen molar-refractivity contribution in [3.8, 4) is 0 Å².